The van der Waals surface area contributed by atoms with E-state index in [1.807, 2.05) is 10.6 Å². The second kappa shape index (κ2) is 7.61. The lowest BCUT2D eigenvalue weighted by atomic mass is 9.97. The number of nitrogens with zero attached hydrogens (tertiary/aromatic N) is 4. The van der Waals surface area contributed by atoms with Gasteiger partial charge in [0.05, 0.1) is 12.1 Å². The molecule has 3 heterocycles. The summed E-state index contributed by atoms with van der Waals surface area (Å²) in [6.07, 6.45) is 5.67. The Morgan fingerprint density at radius 1 is 1.50 bits per heavy atom. The van der Waals surface area contributed by atoms with E-state index >= 15 is 0 Å². The van der Waals surface area contributed by atoms with Gasteiger partial charge >= 0.3 is 0 Å². The normalized spacial score (nSPS) is 18.8. The van der Waals surface area contributed by atoms with Crippen LogP contribution in [0.5, 0.6) is 0 Å². The summed E-state index contributed by atoms with van der Waals surface area (Å²) in [5.41, 5.74) is 7.37. The zero-order valence-corrected chi connectivity index (χ0v) is 14.2. The quantitative estimate of drug-likeness (QED) is 0.747. The van der Waals surface area contributed by atoms with Gasteiger partial charge in [0.1, 0.15) is 5.82 Å². The molecular formula is C17H26N6O. The molecule has 2 aromatic rings. The van der Waals surface area contributed by atoms with E-state index in [4.69, 9.17) is 5.73 Å². The Morgan fingerprint density at radius 3 is 3.17 bits per heavy atom. The number of carbonyl (C=O) groups excluding carboxylic acids is 1. The monoisotopic (exact) mass is 330 g/mol. The number of anilines is 1. The average Bonchev–Trinajstić information content (AvgIpc) is 3.07. The van der Waals surface area contributed by atoms with Crippen molar-refractivity contribution in [3.63, 3.8) is 0 Å². The van der Waals surface area contributed by atoms with Crippen LogP contribution >= 0.6 is 0 Å². The van der Waals surface area contributed by atoms with Gasteiger partial charge < -0.3 is 16.0 Å². The maximum Gasteiger partial charge on any atom is 0.221 e. The lowest BCUT2D eigenvalue weighted by Crippen LogP contribution is -2.41. The number of nitrogens with one attached hydrogen (secondary N) is 1. The van der Waals surface area contributed by atoms with Gasteiger partial charge in [-0.2, -0.15) is 9.61 Å². The van der Waals surface area contributed by atoms with Gasteiger partial charge in [0.15, 0.2) is 5.65 Å². The molecule has 0 saturated carbocycles. The number of nitrogens with two attached hydrogens (primary N) is 1. The summed E-state index contributed by atoms with van der Waals surface area (Å²) in [6.45, 7) is 5.80. The summed E-state index contributed by atoms with van der Waals surface area (Å²) in [5.74, 6) is 0.834. The van der Waals surface area contributed by atoms with Crippen molar-refractivity contribution < 1.29 is 4.79 Å². The van der Waals surface area contributed by atoms with Gasteiger partial charge in [-0.25, -0.2) is 4.98 Å². The first-order valence-corrected chi connectivity index (χ1v) is 8.76. The number of carbonyl (C=O) groups is 1. The molecule has 7 nitrogen and oxygen atoms in total. The van der Waals surface area contributed by atoms with Crippen LogP contribution in [-0.4, -0.2) is 51.6 Å². The summed E-state index contributed by atoms with van der Waals surface area (Å²) in [5, 5.41) is 7.79. The Balaban J connectivity index is 1.52. The van der Waals surface area contributed by atoms with Crippen LogP contribution in [0.3, 0.4) is 0 Å². The predicted octanol–water partition coefficient (Wildman–Crippen LogP) is 1.29. The molecule has 130 valence electrons. The van der Waals surface area contributed by atoms with E-state index in [0.717, 1.165) is 69.0 Å². The Kier molecular flexibility index (Phi) is 5.30. The molecular weight excluding hydrogens is 304 g/mol. The molecule has 3 N–H and O–H groups in total. The fourth-order valence-electron chi connectivity index (χ4n) is 3.28. The van der Waals surface area contributed by atoms with Crippen molar-refractivity contribution in [2.45, 2.75) is 32.6 Å². The van der Waals surface area contributed by atoms with E-state index in [2.05, 4.69) is 33.3 Å². The highest BCUT2D eigenvalue weighted by Crippen LogP contribution is 2.16. The third-order valence-corrected chi connectivity index (χ3v) is 4.64. The van der Waals surface area contributed by atoms with E-state index in [1.54, 1.807) is 6.20 Å². The first-order chi connectivity index (χ1) is 11.7. The highest BCUT2D eigenvalue weighted by atomic mass is 16.1. The standard InChI is InChI=1S/C17H26N6O/c1-2-14-11-16(23-15(21-14)6-8-20-23)19-7-4-10-22-9-3-5-13(12-22)17(18)24/h6,8,11,13,19H,2-5,7,9-10,12H2,1H3,(H2,18,24)/t13-/m0/s1. The summed E-state index contributed by atoms with van der Waals surface area (Å²) in [4.78, 5) is 18.2. The fraction of sp³-hybridized carbons (Fsp3) is 0.588. The number of amides is 1. The minimum absolute atomic E-state index is 0.0164. The first kappa shape index (κ1) is 16.7. The van der Waals surface area contributed by atoms with Crippen LogP contribution < -0.4 is 11.1 Å². The highest BCUT2D eigenvalue weighted by molar-refractivity contribution is 5.76. The topological polar surface area (TPSA) is 88.5 Å². The number of likely N-dealkylation sites (tertiary alicyclic amines) is 1. The third-order valence-electron chi connectivity index (χ3n) is 4.64. The summed E-state index contributed by atoms with van der Waals surface area (Å²) in [6, 6.07) is 3.98. The smallest absolute Gasteiger partial charge is 0.221 e. The van der Waals surface area contributed by atoms with E-state index in [1.165, 1.54) is 0 Å². The van der Waals surface area contributed by atoms with Gasteiger partial charge in [-0.15, -0.1) is 0 Å². The van der Waals surface area contributed by atoms with Crippen molar-refractivity contribution in [3.8, 4) is 0 Å². The van der Waals surface area contributed by atoms with Gasteiger partial charge in [-0.3, -0.25) is 4.79 Å². The van der Waals surface area contributed by atoms with Crippen LogP contribution in [-0.2, 0) is 11.2 Å². The minimum Gasteiger partial charge on any atom is -0.370 e. The largest absolute Gasteiger partial charge is 0.370 e. The SMILES string of the molecule is CCc1cc(NCCCN2CCC[C@H](C(N)=O)C2)n2nccc2n1. The molecule has 0 aliphatic carbocycles. The molecule has 2 aromatic heterocycles. The summed E-state index contributed by atoms with van der Waals surface area (Å²) >= 11 is 0. The van der Waals surface area contributed by atoms with Gasteiger partial charge in [-0.05, 0) is 38.8 Å². The number of primary amides is 1. The van der Waals surface area contributed by atoms with Crippen LogP contribution in [0.4, 0.5) is 5.82 Å². The van der Waals surface area contributed by atoms with Crippen molar-refractivity contribution in [3.05, 3.63) is 24.0 Å². The van der Waals surface area contributed by atoms with E-state index in [9.17, 15) is 4.79 Å². The number of aryl methyl sites for hydroxylation is 1. The lowest BCUT2D eigenvalue weighted by Gasteiger charge is -2.31. The number of hydrogen-bond acceptors (Lipinski definition) is 5. The molecule has 1 aliphatic heterocycles. The molecule has 3 rings (SSSR count). The number of fused-ring (bicyclic) bond motifs is 1. The maximum absolute atomic E-state index is 11.3. The zero-order chi connectivity index (χ0) is 16.9. The Labute approximate surface area is 142 Å². The van der Waals surface area contributed by atoms with Gasteiger partial charge in [-0.1, -0.05) is 6.92 Å². The Bertz CT molecular complexity index is 697. The van der Waals surface area contributed by atoms with E-state index in [0.29, 0.717) is 0 Å². The van der Waals surface area contributed by atoms with Crippen molar-refractivity contribution in [1.29, 1.82) is 0 Å². The van der Waals surface area contributed by atoms with Gasteiger partial charge in [0.2, 0.25) is 5.91 Å². The molecule has 0 spiro atoms. The lowest BCUT2D eigenvalue weighted by molar-refractivity contribution is -0.123. The molecule has 7 heteroatoms. The average molecular weight is 330 g/mol. The molecule has 24 heavy (non-hydrogen) atoms. The number of piperidine rings is 1. The second-order valence-corrected chi connectivity index (χ2v) is 6.41. The third kappa shape index (κ3) is 3.84. The van der Waals surface area contributed by atoms with Crippen molar-refractivity contribution in [1.82, 2.24) is 19.5 Å². The van der Waals surface area contributed by atoms with Gasteiger partial charge in [0.25, 0.3) is 0 Å². The van der Waals surface area contributed by atoms with Crippen LogP contribution in [0, 0.1) is 5.92 Å². The molecule has 1 fully saturated rings. The molecule has 1 aliphatic rings. The first-order valence-electron chi connectivity index (χ1n) is 8.76. The molecule has 1 atom stereocenters. The highest BCUT2D eigenvalue weighted by Gasteiger charge is 2.23. The molecule has 0 unspecified atom stereocenters. The fourth-order valence-corrected chi connectivity index (χ4v) is 3.28. The van der Waals surface area contributed by atoms with Crippen LogP contribution in [0.15, 0.2) is 18.3 Å². The zero-order valence-electron chi connectivity index (χ0n) is 14.2. The molecule has 0 bridgehead atoms. The van der Waals surface area contributed by atoms with Crippen LogP contribution in [0.25, 0.3) is 5.65 Å². The van der Waals surface area contributed by atoms with Crippen molar-refractivity contribution in [2.75, 3.05) is 31.5 Å². The molecule has 0 radical (unpaired) electrons. The van der Waals surface area contributed by atoms with Crippen LogP contribution in [0.1, 0.15) is 31.9 Å². The second-order valence-electron chi connectivity index (χ2n) is 6.41. The molecule has 0 aromatic carbocycles. The van der Waals surface area contributed by atoms with Gasteiger partial charge in [0, 0.05) is 30.9 Å². The molecule has 1 saturated heterocycles. The number of aromatic nitrogens is 3. The van der Waals surface area contributed by atoms with E-state index < -0.39 is 0 Å². The number of hydrogen-bond donors (Lipinski definition) is 2. The summed E-state index contributed by atoms with van der Waals surface area (Å²) in [7, 11) is 0. The minimum atomic E-state index is -0.164. The maximum atomic E-state index is 11.3. The molecule has 1 amide bonds. The Hall–Kier alpha value is -2.15. The summed E-state index contributed by atoms with van der Waals surface area (Å²) < 4.78 is 1.84. The Morgan fingerprint density at radius 2 is 2.38 bits per heavy atom. The van der Waals surface area contributed by atoms with Crippen molar-refractivity contribution in [2.24, 2.45) is 11.7 Å². The predicted molar refractivity (Wildman–Crippen MR) is 93.8 cm³/mol. The van der Waals surface area contributed by atoms with Crippen molar-refractivity contribution >= 4 is 17.4 Å². The number of rotatable bonds is 7. The van der Waals surface area contributed by atoms with E-state index in [-0.39, 0.29) is 11.8 Å². The van der Waals surface area contributed by atoms with Crippen LogP contribution in [0.2, 0.25) is 0 Å².